The molecule has 0 aromatic heterocycles. The second kappa shape index (κ2) is 27.2. The van der Waals surface area contributed by atoms with Crippen LogP contribution in [-0.2, 0) is 9.59 Å². The Hall–Kier alpha value is -1.06. The van der Waals surface area contributed by atoms with Crippen LogP contribution in [0.2, 0.25) is 0 Å². The van der Waals surface area contributed by atoms with Crippen LogP contribution < -0.4 is 10.6 Å². The number of carbonyl (C=O) groups excluding carboxylic acids is 2. The zero-order chi connectivity index (χ0) is 21.3. The highest BCUT2D eigenvalue weighted by atomic mass is 16.2. The normalized spacial score (nSPS) is 9.63. The quantitative estimate of drug-likeness (QED) is 0.327. The summed E-state index contributed by atoms with van der Waals surface area (Å²) < 4.78 is 0. The molecule has 0 unspecified atom stereocenters. The van der Waals surface area contributed by atoms with Gasteiger partial charge in [0.2, 0.25) is 11.8 Å². The van der Waals surface area contributed by atoms with Crippen molar-refractivity contribution in [1.29, 1.82) is 0 Å². The number of carbonyl (C=O) groups is 2. The molecule has 0 aliphatic heterocycles. The van der Waals surface area contributed by atoms with Crippen LogP contribution in [0, 0.1) is 5.92 Å². The van der Waals surface area contributed by atoms with Gasteiger partial charge in [0.1, 0.15) is 0 Å². The van der Waals surface area contributed by atoms with Crippen molar-refractivity contribution in [3.8, 4) is 0 Å². The van der Waals surface area contributed by atoms with Crippen LogP contribution in [0.4, 0.5) is 0 Å². The summed E-state index contributed by atoms with van der Waals surface area (Å²) in [5, 5.41) is 5.89. The number of nitrogens with one attached hydrogen (secondary N) is 2. The molecule has 2 amide bonds. The molecule has 2 N–H and O–H groups in total. The molecule has 0 aliphatic carbocycles. The molecule has 0 aromatic rings. The molecular weight excluding hydrogens is 336 g/mol. The van der Waals surface area contributed by atoms with E-state index >= 15 is 0 Å². The van der Waals surface area contributed by atoms with Gasteiger partial charge in [0, 0.05) is 25.9 Å². The van der Waals surface area contributed by atoms with Crippen molar-refractivity contribution in [3.63, 3.8) is 0 Å². The van der Waals surface area contributed by atoms with E-state index in [4.69, 9.17) is 0 Å². The minimum absolute atomic E-state index is 0.109. The highest BCUT2D eigenvalue weighted by Crippen LogP contribution is 2.04. The van der Waals surface area contributed by atoms with Gasteiger partial charge >= 0.3 is 0 Å². The molecule has 0 aromatic carbocycles. The molecule has 4 nitrogen and oxygen atoms in total. The molecule has 164 valence electrons. The van der Waals surface area contributed by atoms with Crippen LogP contribution >= 0.6 is 0 Å². The van der Waals surface area contributed by atoms with E-state index in [9.17, 15) is 9.59 Å². The van der Waals surface area contributed by atoms with Gasteiger partial charge in [0.25, 0.3) is 0 Å². The first-order valence-electron chi connectivity index (χ1n) is 11.6. The first kappa shape index (κ1) is 30.7. The van der Waals surface area contributed by atoms with Gasteiger partial charge in [-0.2, -0.15) is 0 Å². The Balaban J connectivity index is -0.00000134. The molecular formula is C23H50N2O2. The maximum atomic E-state index is 11.7. The van der Waals surface area contributed by atoms with Crippen LogP contribution in [0.5, 0.6) is 0 Å². The van der Waals surface area contributed by atoms with Crippen molar-refractivity contribution in [1.82, 2.24) is 10.6 Å². The highest BCUT2D eigenvalue weighted by Gasteiger charge is 2.04. The first-order valence-corrected chi connectivity index (χ1v) is 11.6. The maximum Gasteiger partial charge on any atom is 0.219 e. The van der Waals surface area contributed by atoms with Crippen molar-refractivity contribution in [2.24, 2.45) is 5.92 Å². The second-order valence-electron chi connectivity index (χ2n) is 6.86. The number of unbranched alkanes of at least 4 members (excludes halogenated alkanes) is 6. The average molecular weight is 387 g/mol. The second-order valence-corrected chi connectivity index (χ2v) is 6.86. The van der Waals surface area contributed by atoms with Gasteiger partial charge in [-0.05, 0) is 31.6 Å². The van der Waals surface area contributed by atoms with Gasteiger partial charge in [-0.3, -0.25) is 9.59 Å². The lowest BCUT2D eigenvalue weighted by atomic mass is 10.1. The van der Waals surface area contributed by atoms with E-state index in [0.717, 1.165) is 38.8 Å². The zero-order valence-corrected chi connectivity index (χ0v) is 19.6. The molecule has 0 radical (unpaired) electrons. The van der Waals surface area contributed by atoms with Gasteiger partial charge in [-0.15, -0.1) is 0 Å². The summed E-state index contributed by atoms with van der Waals surface area (Å²) in [4.78, 5) is 23.2. The van der Waals surface area contributed by atoms with E-state index in [2.05, 4.69) is 31.4 Å². The molecule has 0 rings (SSSR count). The Labute approximate surface area is 170 Å². The Morgan fingerprint density at radius 2 is 1.11 bits per heavy atom. The van der Waals surface area contributed by atoms with E-state index in [-0.39, 0.29) is 11.8 Å². The molecule has 0 heterocycles. The van der Waals surface area contributed by atoms with E-state index < -0.39 is 0 Å². The summed E-state index contributed by atoms with van der Waals surface area (Å²) in [6.45, 7) is 16.1. The number of amides is 2. The lowest BCUT2D eigenvalue weighted by molar-refractivity contribution is -0.123. The summed E-state index contributed by atoms with van der Waals surface area (Å²) in [5.41, 5.74) is 0. The minimum atomic E-state index is 0.109. The fraction of sp³-hybridized carbons (Fsp3) is 0.913. The Bertz CT molecular complexity index is 305. The molecule has 0 saturated carbocycles. The van der Waals surface area contributed by atoms with Gasteiger partial charge in [0.15, 0.2) is 0 Å². The van der Waals surface area contributed by atoms with Gasteiger partial charge in [-0.25, -0.2) is 0 Å². The topological polar surface area (TPSA) is 58.2 Å². The van der Waals surface area contributed by atoms with E-state index in [1.54, 1.807) is 0 Å². The monoisotopic (exact) mass is 386 g/mol. The standard InChI is InChI=1S/C19H38N2O2.2C2H6/c1-4-5-6-7-8-11-15-20-18(22)12-9-10-13-19(23)21-16-14-17(2)3;2*1-2/h17H,4-16H2,1-3H3,(H,20,22)(H,21,23);2*1-2H3. The predicted molar refractivity (Wildman–Crippen MR) is 120 cm³/mol. The fourth-order valence-electron chi connectivity index (χ4n) is 2.38. The van der Waals surface area contributed by atoms with E-state index in [1.165, 1.54) is 32.1 Å². The Morgan fingerprint density at radius 3 is 1.59 bits per heavy atom. The van der Waals surface area contributed by atoms with Crippen LogP contribution in [0.25, 0.3) is 0 Å². The molecule has 0 aliphatic rings. The minimum Gasteiger partial charge on any atom is -0.356 e. The highest BCUT2D eigenvalue weighted by molar-refractivity contribution is 5.77. The summed E-state index contributed by atoms with van der Waals surface area (Å²) in [6, 6.07) is 0. The van der Waals surface area contributed by atoms with Crippen molar-refractivity contribution < 1.29 is 9.59 Å². The van der Waals surface area contributed by atoms with Crippen LogP contribution in [0.1, 0.15) is 119 Å². The Kier molecular flexibility index (Phi) is 30.8. The van der Waals surface area contributed by atoms with Crippen LogP contribution in [0.3, 0.4) is 0 Å². The molecule has 0 fully saturated rings. The molecule has 0 saturated heterocycles. The number of hydrogen-bond acceptors (Lipinski definition) is 2. The SMILES string of the molecule is CC.CC.CCCCCCCCNC(=O)CCCCC(=O)NCCC(C)C. The molecule has 4 heteroatoms. The third-order valence-corrected chi connectivity index (χ3v) is 3.95. The third kappa shape index (κ3) is 29.9. The van der Waals surface area contributed by atoms with Crippen molar-refractivity contribution in [3.05, 3.63) is 0 Å². The van der Waals surface area contributed by atoms with Gasteiger partial charge < -0.3 is 10.6 Å². The Morgan fingerprint density at radius 1 is 0.667 bits per heavy atom. The largest absolute Gasteiger partial charge is 0.356 e. The van der Waals surface area contributed by atoms with Crippen molar-refractivity contribution in [2.45, 2.75) is 119 Å². The summed E-state index contributed by atoms with van der Waals surface area (Å²) in [7, 11) is 0. The third-order valence-electron chi connectivity index (χ3n) is 3.95. The zero-order valence-electron chi connectivity index (χ0n) is 19.6. The molecule has 0 spiro atoms. The number of hydrogen-bond donors (Lipinski definition) is 2. The molecule has 0 atom stereocenters. The van der Waals surface area contributed by atoms with Gasteiger partial charge in [0.05, 0.1) is 0 Å². The van der Waals surface area contributed by atoms with Gasteiger partial charge in [-0.1, -0.05) is 80.6 Å². The summed E-state index contributed by atoms with van der Waals surface area (Å²) in [6.07, 6.45) is 11.1. The van der Waals surface area contributed by atoms with Crippen molar-refractivity contribution in [2.75, 3.05) is 13.1 Å². The molecule has 0 bridgehead atoms. The van der Waals surface area contributed by atoms with Crippen LogP contribution in [0.15, 0.2) is 0 Å². The first-order chi connectivity index (χ1) is 13.1. The maximum absolute atomic E-state index is 11.7. The predicted octanol–water partition coefficient (Wildman–Crippen LogP) is 6.24. The lowest BCUT2D eigenvalue weighted by Crippen LogP contribution is -2.25. The summed E-state index contributed by atoms with van der Waals surface area (Å²) >= 11 is 0. The van der Waals surface area contributed by atoms with E-state index in [1.807, 2.05) is 27.7 Å². The smallest absolute Gasteiger partial charge is 0.219 e. The summed E-state index contributed by atoms with van der Waals surface area (Å²) in [5.74, 6) is 0.850. The fourth-order valence-corrected chi connectivity index (χ4v) is 2.38. The lowest BCUT2D eigenvalue weighted by Gasteiger charge is -2.07. The molecule has 27 heavy (non-hydrogen) atoms. The average Bonchev–Trinajstić information content (AvgIpc) is 2.67. The van der Waals surface area contributed by atoms with Crippen molar-refractivity contribution >= 4 is 11.8 Å². The van der Waals surface area contributed by atoms with E-state index in [0.29, 0.717) is 18.8 Å². The number of rotatable bonds is 15. The van der Waals surface area contributed by atoms with Crippen LogP contribution in [-0.4, -0.2) is 24.9 Å².